The van der Waals surface area contributed by atoms with Gasteiger partial charge in [-0.25, -0.2) is 4.68 Å². The lowest BCUT2D eigenvalue weighted by atomic mass is 9.83. The maximum Gasteiger partial charge on any atom is 0.280 e. The monoisotopic (exact) mass is 435 g/mol. The molecule has 0 unspecified atom stereocenters. The minimum atomic E-state index is -0.244. The molecule has 0 saturated carbocycles. The van der Waals surface area contributed by atoms with Crippen molar-refractivity contribution in [3.63, 3.8) is 0 Å². The van der Waals surface area contributed by atoms with Crippen LogP contribution in [-0.4, -0.2) is 27.6 Å². The van der Waals surface area contributed by atoms with Crippen molar-refractivity contribution in [2.24, 2.45) is 4.99 Å². The molecule has 0 spiro atoms. The van der Waals surface area contributed by atoms with E-state index in [1.165, 1.54) is 10.9 Å². The number of rotatable bonds is 3. The van der Waals surface area contributed by atoms with E-state index in [0.29, 0.717) is 33.6 Å². The minimum absolute atomic E-state index is 0.202. The predicted octanol–water partition coefficient (Wildman–Crippen LogP) is 4.62. The maximum absolute atomic E-state index is 13.2. The maximum atomic E-state index is 13.2. The van der Waals surface area contributed by atoms with Crippen molar-refractivity contribution in [2.45, 2.75) is 20.8 Å². The highest BCUT2D eigenvalue weighted by Gasteiger charge is 2.31. The Bertz CT molecular complexity index is 1550. The summed E-state index contributed by atoms with van der Waals surface area (Å²) in [5.41, 5.74) is 5.48. The van der Waals surface area contributed by atoms with E-state index in [2.05, 4.69) is 10.1 Å². The van der Waals surface area contributed by atoms with E-state index in [4.69, 9.17) is 0 Å². The third-order valence-corrected chi connectivity index (χ3v) is 6.13. The number of hydrogen-bond acceptors (Lipinski definition) is 4. The first kappa shape index (κ1) is 20.6. The molecule has 1 aliphatic carbocycles. The number of aryl methyl sites for hydroxylation is 3. The fourth-order valence-electron chi connectivity index (χ4n) is 4.13. The predicted molar refractivity (Wildman–Crippen MR) is 128 cm³/mol. The van der Waals surface area contributed by atoms with Gasteiger partial charge in [-0.2, -0.15) is 0 Å². The summed E-state index contributed by atoms with van der Waals surface area (Å²) in [5, 5.41) is 3.10. The van der Waals surface area contributed by atoms with Crippen LogP contribution in [0, 0.1) is 20.8 Å². The van der Waals surface area contributed by atoms with Gasteiger partial charge in [0.15, 0.2) is 11.6 Å². The van der Waals surface area contributed by atoms with Crippen molar-refractivity contribution in [3.8, 4) is 5.69 Å². The number of nitrogens with one attached hydrogen (secondary N) is 1. The van der Waals surface area contributed by atoms with Crippen molar-refractivity contribution >= 4 is 23.5 Å². The number of fused-ring (bicyclic) bond motifs is 2. The first-order chi connectivity index (χ1) is 15.9. The summed E-state index contributed by atoms with van der Waals surface area (Å²) >= 11 is 0. The number of carbonyl (C=O) groups is 2. The molecule has 1 aromatic heterocycles. The molecule has 1 aliphatic rings. The van der Waals surface area contributed by atoms with Crippen LogP contribution in [0.5, 0.6) is 0 Å². The fraction of sp³-hybridized carbons (Fsp3) is 0.111. The second kappa shape index (κ2) is 7.67. The average molecular weight is 435 g/mol. The number of nitrogens with zero attached hydrogens (tertiary/aromatic N) is 2. The first-order valence-corrected chi connectivity index (χ1v) is 10.6. The molecule has 6 heteroatoms. The molecule has 3 aromatic carbocycles. The lowest BCUT2D eigenvalue weighted by molar-refractivity contribution is 0.0979. The number of H-pyrrole nitrogens is 1. The van der Waals surface area contributed by atoms with Gasteiger partial charge in [-0.05, 0) is 50.1 Å². The summed E-state index contributed by atoms with van der Waals surface area (Å²) in [4.78, 5) is 43.7. The third-order valence-electron chi connectivity index (χ3n) is 6.13. The zero-order valence-electron chi connectivity index (χ0n) is 18.5. The van der Waals surface area contributed by atoms with E-state index in [1.807, 2.05) is 32.0 Å². The van der Waals surface area contributed by atoms with Crippen LogP contribution in [0.2, 0.25) is 0 Å². The highest BCUT2D eigenvalue weighted by Crippen LogP contribution is 2.33. The van der Waals surface area contributed by atoms with Crippen molar-refractivity contribution < 1.29 is 9.59 Å². The van der Waals surface area contributed by atoms with E-state index >= 15 is 0 Å². The minimum Gasteiger partial charge on any atom is -0.295 e. The molecule has 5 rings (SSSR count). The van der Waals surface area contributed by atoms with Crippen molar-refractivity contribution in [3.05, 3.63) is 116 Å². The molecule has 0 fully saturated rings. The zero-order chi connectivity index (χ0) is 23.3. The smallest absolute Gasteiger partial charge is 0.280 e. The van der Waals surface area contributed by atoms with Crippen LogP contribution < -0.4 is 5.56 Å². The second-order valence-corrected chi connectivity index (χ2v) is 8.22. The number of hydrogen-bond donors (Lipinski definition) is 1. The van der Waals surface area contributed by atoms with Gasteiger partial charge in [-0.3, -0.25) is 24.5 Å². The van der Waals surface area contributed by atoms with Crippen LogP contribution in [-0.2, 0) is 0 Å². The average Bonchev–Trinajstić information content (AvgIpc) is 3.10. The molecule has 0 amide bonds. The lowest BCUT2D eigenvalue weighted by Gasteiger charge is -2.18. The van der Waals surface area contributed by atoms with Crippen LogP contribution in [0.3, 0.4) is 0 Å². The Kier molecular flexibility index (Phi) is 4.78. The molecular weight excluding hydrogens is 414 g/mol. The third kappa shape index (κ3) is 3.27. The number of aliphatic imine (C=N–C) groups is 1. The van der Waals surface area contributed by atoms with Crippen LogP contribution >= 0.6 is 0 Å². The van der Waals surface area contributed by atoms with Crippen molar-refractivity contribution in [1.29, 1.82) is 0 Å². The van der Waals surface area contributed by atoms with Gasteiger partial charge in [0.25, 0.3) is 5.56 Å². The number of carbonyl (C=O) groups excluding carboxylic acids is 2. The van der Waals surface area contributed by atoms with Gasteiger partial charge in [0.05, 0.1) is 22.5 Å². The van der Waals surface area contributed by atoms with Gasteiger partial charge in [0, 0.05) is 28.6 Å². The molecule has 33 heavy (non-hydrogen) atoms. The van der Waals surface area contributed by atoms with Crippen LogP contribution in [0.25, 0.3) is 5.69 Å². The van der Waals surface area contributed by atoms with Crippen molar-refractivity contribution in [1.82, 2.24) is 9.78 Å². The molecule has 162 valence electrons. The summed E-state index contributed by atoms with van der Waals surface area (Å²) < 4.78 is 1.48. The molecule has 6 nitrogen and oxygen atoms in total. The Hall–Kier alpha value is -4.32. The topological polar surface area (TPSA) is 84.3 Å². The molecular formula is C27H21N3O3. The van der Waals surface area contributed by atoms with Gasteiger partial charge in [-0.1, -0.05) is 42.5 Å². The number of aromatic nitrogens is 2. The summed E-state index contributed by atoms with van der Waals surface area (Å²) in [6.07, 6.45) is 1.46. The number of ketones is 2. The Morgan fingerprint density at radius 2 is 1.48 bits per heavy atom. The number of benzene rings is 3. The summed E-state index contributed by atoms with van der Waals surface area (Å²) in [6.45, 7) is 5.81. The van der Waals surface area contributed by atoms with Gasteiger partial charge >= 0.3 is 0 Å². The Morgan fingerprint density at radius 3 is 2.21 bits per heavy atom. The summed E-state index contributed by atoms with van der Waals surface area (Å²) in [6, 6.07) is 17.6. The molecule has 0 saturated heterocycles. The molecule has 4 aromatic rings. The van der Waals surface area contributed by atoms with Crippen molar-refractivity contribution in [2.75, 3.05) is 0 Å². The normalized spacial score (nSPS) is 12.8. The van der Waals surface area contributed by atoms with Gasteiger partial charge in [0.2, 0.25) is 0 Å². The quantitative estimate of drug-likeness (QED) is 0.420. The van der Waals surface area contributed by atoms with Gasteiger partial charge in [-0.15, -0.1) is 0 Å². The highest BCUT2D eigenvalue weighted by atomic mass is 16.1. The van der Waals surface area contributed by atoms with E-state index in [1.54, 1.807) is 49.4 Å². The SMILES string of the molecule is Cc1ccc(-n2[nH]c(C)c(C=Nc3cccc4c3C(=O)c3ccccc3C4=O)c2=O)cc1C. The Morgan fingerprint density at radius 1 is 0.788 bits per heavy atom. The fourth-order valence-corrected chi connectivity index (χ4v) is 4.13. The van der Waals surface area contributed by atoms with Crippen LogP contribution in [0.15, 0.2) is 70.5 Å². The first-order valence-electron chi connectivity index (χ1n) is 10.6. The lowest BCUT2D eigenvalue weighted by Crippen LogP contribution is -2.21. The Balaban J connectivity index is 1.58. The molecule has 0 bridgehead atoms. The molecule has 0 atom stereocenters. The van der Waals surface area contributed by atoms with E-state index in [9.17, 15) is 14.4 Å². The van der Waals surface area contributed by atoms with Gasteiger partial charge < -0.3 is 0 Å². The van der Waals surface area contributed by atoms with E-state index in [-0.39, 0.29) is 22.7 Å². The Labute approximate surface area is 190 Å². The standard InChI is InChI=1S/C27H21N3O3/c1-15-11-12-18(13-16(15)2)30-27(33)22(17(3)29-30)14-28-23-10-6-9-21-24(23)26(32)20-8-5-4-7-19(20)25(21)31/h4-14,29H,1-3H3. The van der Waals surface area contributed by atoms with E-state index < -0.39 is 0 Å². The summed E-state index contributed by atoms with van der Waals surface area (Å²) in [7, 11) is 0. The van der Waals surface area contributed by atoms with Crippen LogP contribution in [0.4, 0.5) is 5.69 Å². The number of aromatic amines is 1. The molecule has 1 N–H and O–H groups in total. The summed E-state index contributed by atoms with van der Waals surface area (Å²) in [5.74, 6) is -0.446. The zero-order valence-corrected chi connectivity index (χ0v) is 18.5. The van der Waals surface area contributed by atoms with Gasteiger partial charge in [0.1, 0.15) is 0 Å². The largest absolute Gasteiger partial charge is 0.295 e. The second-order valence-electron chi connectivity index (χ2n) is 8.22. The van der Waals surface area contributed by atoms with Crippen LogP contribution in [0.1, 0.15) is 54.2 Å². The molecule has 0 aliphatic heterocycles. The molecule has 1 heterocycles. The van der Waals surface area contributed by atoms with E-state index in [0.717, 1.165) is 16.8 Å². The highest BCUT2D eigenvalue weighted by molar-refractivity contribution is 6.30. The molecule has 0 radical (unpaired) electrons.